The predicted octanol–water partition coefficient (Wildman–Crippen LogP) is 20.0. The second kappa shape index (κ2) is 62.2. The van der Waals surface area contributed by atoms with E-state index in [4.69, 9.17) is 37.0 Å². The third kappa shape index (κ3) is 64.6. The zero-order chi connectivity index (χ0) is 65.7. The molecule has 0 fully saturated rings. The van der Waals surface area contributed by atoms with E-state index in [1.54, 1.807) is 0 Å². The van der Waals surface area contributed by atoms with Crippen LogP contribution < -0.4 is 0 Å². The topological polar surface area (TPSA) is 237 Å². The standard InChI is InChI=1S/C70H136O17P2/c1-7-9-11-13-15-17-19-20-21-22-30-36-42-48-54-69(74)86-65(59-81-68(73)53-47-41-35-29-24-23-26-32-38-44-50-62(3)4)60-84-88(76,77)82-56-64(71)57-83-89(78,79)85-61-66(58-80-67(72)52-46-40-34-28-18-16-14-12-10-8-2)87-70(75)55-49-43-37-31-25-27-33-39-45-51-63(5)6/h62-66,71H,7-61H2,1-6H3,(H,76,77)(H,78,79)/t64-,65-,66-/m1/s1. The van der Waals surface area contributed by atoms with Gasteiger partial charge in [0.05, 0.1) is 26.4 Å². The third-order valence-electron chi connectivity index (χ3n) is 16.2. The molecule has 19 heteroatoms. The molecule has 0 rings (SSSR count). The first-order valence-corrected chi connectivity index (χ1v) is 39.5. The number of esters is 4. The summed E-state index contributed by atoms with van der Waals surface area (Å²) in [6.07, 6.45) is 47.1. The van der Waals surface area contributed by atoms with E-state index in [1.807, 2.05) is 0 Å². The smallest absolute Gasteiger partial charge is 0.462 e. The Bertz CT molecular complexity index is 1730. The number of aliphatic hydroxyl groups excluding tert-OH is 1. The van der Waals surface area contributed by atoms with E-state index in [1.165, 1.54) is 173 Å². The molecule has 17 nitrogen and oxygen atoms in total. The summed E-state index contributed by atoms with van der Waals surface area (Å²) in [4.78, 5) is 72.5. The summed E-state index contributed by atoms with van der Waals surface area (Å²) >= 11 is 0. The van der Waals surface area contributed by atoms with Crippen LogP contribution in [0.15, 0.2) is 0 Å². The van der Waals surface area contributed by atoms with E-state index in [2.05, 4.69) is 41.5 Å². The normalized spacial score (nSPS) is 14.1. The van der Waals surface area contributed by atoms with Gasteiger partial charge in [0.15, 0.2) is 12.2 Å². The van der Waals surface area contributed by atoms with Crippen molar-refractivity contribution in [3.05, 3.63) is 0 Å². The van der Waals surface area contributed by atoms with Gasteiger partial charge in [-0.05, 0) is 37.5 Å². The molecule has 528 valence electrons. The monoisotopic (exact) mass is 1310 g/mol. The van der Waals surface area contributed by atoms with Gasteiger partial charge in [-0.1, -0.05) is 305 Å². The zero-order valence-electron chi connectivity index (χ0n) is 57.7. The summed E-state index contributed by atoms with van der Waals surface area (Å²) in [5.41, 5.74) is 0. The summed E-state index contributed by atoms with van der Waals surface area (Å²) in [6.45, 7) is 9.52. The number of carbonyl (C=O) groups is 4. The first-order chi connectivity index (χ1) is 42.9. The van der Waals surface area contributed by atoms with E-state index < -0.39 is 97.5 Å². The Balaban J connectivity index is 5.25. The fourth-order valence-corrected chi connectivity index (χ4v) is 12.2. The van der Waals surface area contributed by atoms with Crippen molar-refractivity contribution in [1.82, 2.24) is 0 Å². The zero-order valence-corrected chi connectivity index (χ0v) is 59.5. The minimum atomic E-state index is -4.95. The molecule has 0 saturated heterocycles. The van der Waals surface area contributed by atoms with Gasteiger partial charge >= 0.3 is 39.5 Å². The minimum Gasteiger partial charge on any atom is -0.462 e. The first-order valence-electron chi connectivity index (χ1n) is 36.5. The number of hydrogen-bond acceptors (Lipinski definition) is 15. The van der Waals surface area contributed by atoms with Gasteiger partial charge in [-0.25, -0.2) is 9.13 Å². The van der Waals surface area contributed by atoms with Crippen LogP contribution in [-0.2, 0) is 65.4 Å². The quantitative estimate of drug-likeness (QED) is 0.0222. The molecule has 0 spiro atoms. The van der Waals surface area contributed by atoms with Crippen molar-refractivity contribution in [2.75, 3.05) is 39.6 Å². The van der Waals surface area contributed by atoms with Crippen molar-refractivity contribution in [3.8, 4) is 0 Å². The van der Waals surface area contributed by atoms with E-state index in [0.29, 0.717) is 25.7 Å². The lowest BCUT2D eigenvalue weighted by atomic mass is 10.0. The molecule has 0 radical (unpaired) electrons. The Morgan fingerprint density at radius 2 is 0.517 bits per heavy atom. The Hall–Kier alpha value is -1.94. The van der Waals surface area contributed by atoms with Crippen molar-refractivity contribution in [3.63, 3.8) is 0 Å². The molecule has 0 aromatic heterocycles. The van der Waals surface area contributed by atoms with Crippen LogP contribution in [-0.4, -0.2) is 96.7 Å². The Kier molecular flexibility index (Phi) is 60.8. The van der Waals surface area contributed by atoms with Gasteiger partial charge in [-0.15, -0.1) is 0 Å². The Labute approximate surface area is 543 Å². The highest BCUT2D eigenvalue weighted by molar-refractivity contribution is 7.47. The lowest BCUT2D eigenvalue weighted by Gasteiger charge is -2.21. The molecule has 0 aromatic rings. The molecule has 89 heavy (non-hydrogen) atoms. The molecule has 0 bridgehead atoms. The summed E-state index contributed by atoms with van der Waals surface area (Å²) in [7, 11) is -9.90. The largest absolute Gasteiger partial charge is 0.472 e. The molecular formula is C70H136O17P2. The van der Waals surface area contributed by atoms with Gasteiger partial charge in [0.25, 0.3) is 0 Å². The number of phosphoric ester groups is 2. The van der Waals surface area contributed by atoms with Gasteiger partial charge in [0.2, 0.25) is 0 Å². The molecule has 0 aliphatic carbocycles. The highest BCUT2D eigenvalue weighted by Gasteiger charge is 2.30. The van der Waals surface area contributed by atoms with Crippen LogP contribution in [0.1, 0.15) is 356 Å². The number of hydrogen-bond donors (Lipinski definition) is 3. The van der Waals surface area contributed by atoms with Gasteiger partial charge in [0.1, 0.15) is 19.3 Å². The van der Waals surface area contributed by atoms with E-state index in [9.17, 15) is 43.2 Å². The average Bonchev–Trinajstić information content (AvgIpc) is 3.56. The number of aliphatic hydroxyl groups is 1. The highest BCUT2D eigenvalue weighted by Crippen LogP contribution is 2.45. The van der Waals surface area contributed by atoms with Crippen LogP contribution in [0.2, 0.25) is 0 Å². The SMILES string of the molecule is CCCCCCCCCCCCCCCCC(=O)O[C@H](COC(=O)CCCCCCCCCCCCC(C)C)COP(=O)(O)OC[C@@H](O)COP(=O)(O)OC[C@@H](COC(=O)CCCCCCCCCCCC)OC(=O)CCCCCCCCCCCC(C)C. The lowest BCUT2D eigenvalue weighted by Crippen LogP contribution is -2.30. The molecule has 0 heterocycles. The Morgan fingerprint density at radius 3 is 0.764 bits per heavy atom. The van der Waals surface area contributed by atoms with E-state index in [-0.39, 0.29) is 25.7 Å². The van der Waals surface area contributed by atoms with Crippen molar-refractivity contribution < 1.29 is 80.2 Å². The summed E-state index contributed by atoms with van der Waals surface area (Å²) < 4.78 is 68.3. The molecule has 0 saturated carbocycles. The molecule has 2 unspecified atom stereocenters. The number of rotatable bonds is 69. The predicted molar refractivity (Wildman–Crippen MR) is 358 cm³/mol. The van der Waals surface area contributed by atoms with Crippen molar-refractivity contribution in [1.29, 1.82) is 0 Å². The third-order valence-corrected chi connectivity index (χ3v) is 18.1. The van der Waals surface area contributed by atoms with Crippen LogP contribution in [0.3, 0.4) is 0 Å². The highest BCUT2D eigenvalue weighted by atomic mass is 31.2. The second-order valence-corrected chi connectivity index (χ2v) is 29.1. The first kappa shape index (κ1) is 87.1. The summed E-state index contributed by atoms with van der Waals surface area (Å²) in [5.74, 6) is -0.628. The van der Waals surface area contributed by atoms with Crippen LogP contribution in [0.25, 0.3) is 0 Å². The maximum Gasteiger partial charge on any atom is 0.472 e. The number of unbranched alkanes of at least 4 members (excludes halogenated alkanes) is 39. The fraction of sp³-hybridized carbons (Fsp3) is 0.943. The second-order valence-electron chi connectivity index (χ2n) is 26.2. The molecule has 0 aliphatic heterocycles. The fourth-order valence-electron chi connectivity index (χ4n) is 10.6. The molecular weight excluding hydrogens is 1170 g/mol. The van der Waals surface area contributed by atoms with Crippen molar-refractivity contribution >= 4 is 39.5 Å². The van der Waals surface area contributed by atoms with Crippen LogP contribution >= 0.6 is 15.6 Å². The number of phosphoric acid groups is 2. The molecule has 0 aliphatic rings. The number of carbonyl (C=O) groups excluding carboxylic acids is 4. The maximum absolute atomic E-state index is 13.0. The van der Waals surface area contributed by atoms with Crippen molar-refractivity contribution in [2.24, 2.45) is 11.8 Å². The van der Waals surface area contributed by atoms with Crippen LogP contribution in [0, 0.1) is 11.8 Å². The maximum atomic E-state index is 13.0. The molecule has 0 amide bonds. The van der Waals surface area contributed by atoms with Crippen LogP contribution in [0.5, 0.6) is 0 Å². The molecule has 5 atom stereocenters. The van der Waals surface area contributed by atoms with Gasteiger partial charge in [-0.3, -0.25) is 37.3 Å². The van der Waals surface area contributed by atoms with Gasteiger partial charge < -0.3 is 33.8 Å². The van der Waals surface area contributed by atoms with E-state index in [0.717, 1.165) is 102 Å². The number of ether oxygens (including phenoxy) is 4. The van der Waals surface area contributed by atoms with Gasteiger partial charge in [0, 0.05) is 25.7 Å². The summed E-state index contributed by atoms with van der Waals surface area (Å²) in [5, 5.41) is 10.6. The van der Waals surface area contributed by atoms with Crippen molar-refractivity contribution in [2.45, 2.75) is 374 Å². The minimum absolute atomic E-state index is 0.105. The van der Waals surface area contributed by atoms with Crippen LogP contribution in [0.4, 0.5) is 0 Å². The average molecular weight is 1310 g/mol. The molecule has 3 N–H and O–H groups in total. The van der Waals surface area contributed by atoms with Gasteiger partial charge in [-0.2, -0.15) is 0 Å². The Morgan fingerprint density at radius 1 is 0.303 bits per heavy atom. The molecule has 0 aromatic carbocycles. The van der Waals surface area contributed by atoms with E-state index >= 15 is 0 Å². The lowest BCUT2D eigenvalue weighted by molar-refractivity contribution is -0.161. The summed E-state index contributed by atoms with van der Waals surface area (Å²) in [6, 6.07) is 0.